The molecule has 0 radical (unpaired) electrons. The van der Waals surface area contributed by atoms with Crippen LogP contribution in [0.5, 0.6) is 5.88 Å². The van der Waals surface area contributed by atoms with Gasteiger partial charge in [-0.3, -0.25) is 19.1 Å². The summed E-state index contributed by atoms with van der Waals surface area (Å²) in [6, 6.07) is 7.35. The van der Waals surface area contributed by atoms with Crippen LogP contribution in [-0.2, 0) is 29.1 Å². The van der Waals surface area contributed by atoms with E-state index in [1.807, 2.05) is 42.5 Å². The molecule has 266 valence electrons. The van der Waals surface area contributed by atoms with Crippen LogP contribution in [0.1, 0.15) is 79.6 Å². The lowest BCUT2D eigenvalue weighted by atomic mass is 10.0. The number of allylic oxidation sites excluding steroid dienone is 1. The predicted molar refractivity (Wildman–Crippen MR) is 183 cm³/mol. The SMILES string of the molecule is CC(C)S(=O)(=O)NC(=O)C12CC1/C=C/CCCCCC(NC(=O)OC(C)(C)C)C(=O)N1CC(Oc3nccc4ccccc34)CC1C(=O)N2. The molecule has 2 fully saturated rings. The Bertz CT molecular complexity index is 1720. The third kappa shape index (κ3) is 8.52. The highest BCUT2D eigenvalue weighted by molar-refractivity contribution is 7.90. The first-order chi connectivity index (χ1) is 23.1. The predicted octanol–water partition coefficient (Wildman–Crippen LogP) is 3.73. The number of rotatable bonds is 6. The van der Waals surface area contributed by atoms with Crippen molar-refractivity contribution in [2.24, 2.45) is 5.92 Å². The van der Waals surface area contributed by atoms with Crippen molar-refractivity contribution in [3.63, 3.8) is 0 Å². The van der Waals surface area contributed by atoms with Crippen LogP contribution in [0.3, 0.4) is 0 Å². The quantitative estimate of drug-likeness (QED) is 0.380. The third-order valence-corrected chi connectivity index (χ3v) is 10.8. The van der Waals surface area contributed by atoms with Gasteiger partial charge in [-0.05, 0) is 77.8 Å². The molecular weight excluding hydrogens is 650 g/mol. The summed E-state index contributed by atoms with van der Waals surface area (Å²) in [6.45, 7) is 8.12. The molecule has 3 heterocycles. The van der Waals surface area contributed by atoms with Crippen molar-refractivity contribution in [3.8, 4) is 5.88 Å². The van der Waals surface area contributed by atoms with E-state index in [1.54, 1.807) is 27.0 Å². The summed E-state index contributed by atoms with van der Waals surface area (Å²) < 4.78 is 39.3. The smallest absolute Gasteiger partial charge is 0.408 e. The molecule has 4 amide bonds. The Kier molecular flexibility index (Phi) is 10.6. The van der Waals surface area contributed by atoms with Gasteiger partial charge in [-0.15, -0.1) is 0 Å². The number of hydrogen-bond donors (Lipinski definition) is 3. The van der Waals surface area contributed by atoms with Gasteiger partial charge in [-0.2, -0.15) is 0 Å². The molecule has 1 aromatic heterocycles. The Labute approximate surface area is 287 Å². The third-order valence-electron chi connectivity index (χ3n) is 9.11. The number of amides is 4. The number of sulfonamides is 1. The number of ether oxygens (including phenoxy) is 2. The van der Waals surface area contributed by atoms with Crippen LogP contribution >= 0.6 is 0 Å². The van der Waals surface area contributed by atoms with Crippen LogP contribution in [-0.4, -0.2) is 83.2 Å². The fourth-order valence-corrected chi connectivity index (χ4v) is 6.97. The van der Waals surface area contributed by atoms with Crippen molar-refractivity contribution in [1.82, 2.24) is 25.2 Å². The molecule has 0 bridgehead atoms. The summed E-state index contributed by atoms with van der Waals surface area (Å²) in [6.07, 6.45) is 7.51. The van der Waals surface area contributed by atoms with E-state index in [0.29, 0.717) is 25.1 Å². The number of carbonyl (C=O) groups excluding carboxylic acids is 4. The molecule has 3 aliphatic rings. The first-order valence-corrected chi connectivity index (χ1v) is 18.5. The fourth-order valence-electron chi connectivity index (χ4n) is 6.30. The van der Waals surface area contributed by atoms with Gasteiger partial charge in [0.15, 0.2) is 0 Å². The number of aromatic nitrogens is 1. The molecular formula is C35H47N5O8S. The van der Waals surface area contributed by atoms with Crippen molar-refractivity contribution >= 4 is 44.6 Å². The lowest BCUT2D eigenvalue weighted by Gasteiger charge is -2.30. The molecule has 1 saturated carbocycles. The summed E-state index contributed by atoms with van der Waals surface area (Å²) in [5.41, 5.74) is -2.30. The normalized spacial score (nSPS) is 27.2. The first kappa shape index (κ1) is 36.1. The van der Waals surface area contributed by atoms with Gasteiger partial charge in [0.05, 0.1) is 11.8 Å². The molecule has 1 aromatic carbocycles. The Morgan fingerprint density at radius 2 is 1.86 bits per heavy atom. The molecule has 3 N–H and O–H groups in total. The molecule has 14 heteroatoms. The van der Waals surface area contributed by atoms with E-state index in [2.05, 4.69) is 20.3 Å². The van der Waals surface area contributed by atoms with Gasteiger partial charge in [0.1, 0.15) is 29.3 Å². The van der Waals surface area contributed by atoms with Gasteiger partial charge < -0.3 is 25.0 Å². The minimum atomic E-state index is -3.98. The van der Waals surface area contributed by atoms with E-state index in [-0.39, 0.29) is 19.4 Å². The van der Waals surface area contributed by atoms with Crippen molar-refractivity contribution in [1.29, 1.82) is 0 Å². The summed E-state index contributed by atoms with van der Waals surface area (Å²) in [5, 5.41) is 6.39. The van der Waals surface area contributed by atoms with Crippen LogP contribution in [0.2, 0.25) is 0 Å². The van der Waals surface area contributed by atoms with Crippen LogP contribution in [0.25, 0.3) is 10.8 Å². The topological polar surface area (TPSA) is 173 Å². The minimum absolute atomic E-state index is 0.0125. The number of benzene rings is 1. The van der Waals surface area contributed by atoms with Gasteiger partial charge in [0.2, 0.25) is 27.7 Å². The van der Waals surface area contributed by atoms with E-state index in [9.17, 15) is 27.6 Å². The van der Waals surface area contributed by atoms with Crippen molar-refractivity contribution in [2.45, 2.75) is 114 Å². The molecule has 1 aliphatic carbocycles. The average molecular weight is 698 g/mol. The fraction of sp³-hybridized carbons (Fsp3) is 0.571. The maximum Gasteiger partial charge on any atom is 0.408 e. The zero-order valence-electron chi connectivity index (χ0n) is 28.7. The van der Waals surface area contributed by atoms with E-state index >= 15 is 0 Å². The molecule has 2 aromatic rings. The molecule has 5 atom stereocenters. The summed E-state index contributed by atoms with van der Waals surface area (Å²) >= 11 is 0. The Balaban J connectivity index is 1.47. The summed E-state index contributed by atoms with van der Waals surface area (Å²) in [4.78, 5) is 60.8. The van der Waals surface area contributed by atoms with Crippen molar-refractivity contribution < 1.29 is 37.1 Å². The number of carbonyl (C=O) groups is 4. The second kappa shape index (κ2) is 14.3. The maximum atomic E-state index is 14.3. The zero-order chi connectivity index (χ0) is 35.6. The highest BCUT2D eigenvalue weighted by Gasteiger charge is 2.61. The molecule has 0 spiro atoms. The number of nitrogens with zero attached hydrogens (tertiary/aromatic N) is 2. The maximum absolute atomic E-state index is 14.3. The number of fused-ring (bicyclic) bond motifs is 3. The average Bonchev–Trinajstić information content (AvgIpc) is 3.55. The molecule has 2 aliphatic heterocycles. The highest BCUT2D eigenvalue weighted by atomic mass is 32.2. The zero-order valence-corrected chi connectivity index (χ0v) is 29.5. The molecule has 13 nitrogen and oxygen atoms in total. The second-order valence-corrected chi connectivity index (χ2v) is 16.6. The number of nitrogens with one attached hydrogen (secondary N) is 3. The summed E-state index contributed by atoms with van der Waals surface area (Å²) in [7, 11) is -3.98. The number of pyridine rings is 1. The largest absolute Gasteiger partial charge is 0.472 e. The molecule has 5 unspecified atom stereocenters. The Hall–Kier alpha value is -4.20. The monoisotopic (exact) mass is 697 g/mol. The van der Waals surface area contributed by atoms with Crippen LogP contribution in [0.4, 0.5) is 4.79 Å². The lowest BCUT2D eigenvalue weighted by Crippen LogP contribution is -2.58. The lowest BCUT2D eigenvalue weighted by molar-refractivity contribution is -0.141. The standard InChI is InChI=1S/C35H47N5O8S/c1-22(2)49(45,46)39-32(43)35-20-24(35)14-9-7-6-8-10-16-27(37-33(44)48-34(3,4)5)31(42)40-21-25(19-28(40)29(41)38-35)47-30-26-15-12-11-13-23(26)17-18-36-30/h9,11-15,17-18,22,24-25,27-28H,6-8,10,16,19-21H2,1-5H3,(H,37,44)(H,38,41)(H,39,43)/b14-9+. The number of hydrogen-bond acceptors (Lipinski definition) is 9. The van der Waals surface area contributed by atoms with Crippen LogP contribution in [0, 0.1) is 5.92 Å². The van der Waals surface area contributed by atoms with E-state index in [4.69, 9.17) is 9.47 Å². The Morgan fingerprint density at radius 3 is 2.59 bits per heavy atom. The van der Waals surface area contributed by atoms with Gasteiger partial charge in [-0.1, -0.05) is 43.2 Å². The van der Waals surface area contributed by atoms with Gasteiger partial charge in [-0.25, -0.2) is 18.2 Å². The van der Waals surface area contributed by atoms with Gasteiger partial charge in [0, 0.05) is 23.9 Å². The number of alkyl carbamates (subject to hydrolysis) is 1. The van der Waals surface area contributed by atoms with Gasteiger partial charge in [0.25, 0.3) is 5.91 Å². The van der Waals surface area contributed by atoms with Crippen molar-refractivity contribution in [2.75, 3.05) is 6.54 Å². The van der Waals surface area contributed by atoms with Crippen molar-refractivity contribution in [3.05, 3.63) is 48.7 Å². The van der Waals surface area contributed by atoms with E-state index < -0.39 is 74.3 Å². The Morgan fingerprint density at radius 1 is 1.10 bits per heavy atom. The molecule has 5 rings (SSSR count). The van der Waals surface area contributed by atoms with E-state index in [0.717, 1.165) is 23.6 Å². The molecule has 1 saturated heterocycles. The first-order valence-electron chi connectivity index (χ1n) is 16.9. The minimum Gasteiger partial charge on any atom is -0.472 e. The van der Waals surface area contributed by atoms with Crippen LogP contribution in [0.15, 0.2) is 48.7 Å². The highest BCUT2D eigenvalue weighted by Crippen LogP contribution is 2.46. The van der Waals surface area contributed by atoms with Gasteiger partial charge >= 0.3 is 6.09 Å². The van der Waals surface area contributed by atoms with Crippen LogP contribution < -0.4 is 20.1 Å². The summed E-state index contributed by atoms with van der Waals surface area (Å²) in [5.74, 6) is -2.00. The molecule has 49 heavy (non-hydrogen) atoms. The second-order valence-electron chi connectivity index (χ2n) is 14.4. The van der Waals surface area contributed by atoms with E-state index in [1.165, 1.54) is 18.7 Å².